The molecule has 4 nitrogen and oxygen atoms in total. The van der Waals surface area contributed by atoms with Crippen molar-refractivity contribution in [2.45, 2.75) is 25.2 Å². The number of hydrogen-bond donors (Lipinski definition) is 1. The monoisotopic (exact) mass is 307 g/mol. The average Bonchev–Trinajstić information content (AvgIpc) is 2.45. The number of carboxylic acids is 1. The third kappa shape index (κ3) is 4.49. The fourth-order valence-corrected chi connectivity index (χ4v) is 3.41. The van der Waals surface area contributed by atoms with Gasteiger partial charge in [0.05, 0.1) is 11.7 Å². The molecule has 0 radical (unpaired) electrons. The molecule has 0 aliphatic carbocycles. The van der Waals surface area contributed by atoms with Crippen molar-refractivity contribution in [1.82, 2.24) is 4.90 Å². The van der Waals surface area contributed by atoms with Crippen LogP contribution in [-0.2, 0) is 9.59 Å². The van der Waals surface area contributed by atoms with E-state index < -0.39 is 11.9 Å². The third-order valence-electron chi connectivity index (χ3n) is 3.74. The van der Waals surface area contributed by atoms with Gasteiger partial charge < -0.3 is 10.0 Å². The summed E-state index contributed by atoms with van der Waals surface area (Å²) in [5.74, 6) is -0.596. The first-order valence-corrected chi connectivity index (χ1v) is 8.14. The summed E-state index contributed by atoms with van der Waals surface area (Å²) in [6.45, 7) is 5.04. The lowest BCUT2D eigenvalue weighted by Crippen LogP contribution is -2.46. The van der Waals surface area contributed by atoms with Crippen molar-refractivity contribution in [3.05, 3.63) is 29.8 Å². The summed E-state index contributed by atoms with van der Waals surface area (Å²) < 4.78 is 0. The topological polar surface area (TPSA) is 57.6 Å². The number of aliphatic carboxylic acids is 1. The number of aryl methyl sites for hydroxylation is 1. The minimum absolute atomic E-state index is 0.0263. The number of hydrogen-bond acceptors (Lipinski definition) is 3. The summed E-state index contributed by atoms with van der Waals surface area (Å²) in [5.41, 5.74) is 1.19. The summed E-state index contributed by atoms with van der Waals surface area (Å²) in [4.78, 5) is 26.2. The molecule has 1 aromatic rings. The van der Waals surface area contributed by atoms with Gasteiger partial charge in [-0.05, 0) is 31.4 Å². The molecule has 1 heterocycles. The van der Waals surface area contributed by atoms with Crippen LogP contribution in [0.3, 0.4) is 0 Å². The van der Waals surface area contributed by atoms with Crippen molar-refractivity contribution in [2.24, 2.45) is 11.8 Å². The lowest BCUT2D eigenvalue weighted by atomic mass is 9.90. The van der Waals surface area contributed by atoms with Crippen LogP contribution in [0.25, 0.3) is 0 Å². The van der Waals surface area contributed by atoms with E-state index in [1.54, 1.807) is 4.90 Å². The Hall–Kier alpha value is -1.49. The normalized spacial score (nSPS) is 22.1. The van der Waals surface area contributed by atoms with Crippen molar-refractivity contribution in [2.75, 3.05) is 18.8 Å². The first-order valence-electron chi connectivity index (χ1n) is 7.15. The Morgan fingerprint density at radius 1 is 1.29 bits per heavy atom. The summed E-state index contributed by atoms with van der Waals surface area (Å²) in [5, 5.41) is 9.15. The van der Waals surface area contributed by atoms with Crippen LogP contribution < -0.4 is 0 Å². The Morgan fingerprint density at radius 2 is 1.95 bits per heavy atom. The smallest absolute Gasteiger partial charge is 0.308 e. The Bertz CT molecular complexity index is 515. The lowest BCUT2D eigenvalue weighted by Gasteiger charge is -2.34. The minimum atomic E-state index is -0.800. The van der Waals surface area contributed by atoms with E-state index in [1.807, 2.05) is 38.1 Å². The van der Waals surface area contributed by atoms with E-state index in [0.717, 1.165) is 4.90 Å². The largest absolute Gasteiger partial charge is 0.481 e. The lowest BCUT2D eigenvalue weighted by molar-refractivity contribution is -0.146. The molecule has 1 amide bonds. The molecule has 5 heteroatoms. The van der Waals surface area contributed by atoms with Crippen molar-refractivity contribution in [3.63, 3.8) is 0 Å². The SMILES string of the molecule is Cc1ccc(SCC(=O)N2CC(C)CC(C(=O)O)C2)cc1. The molecule has 2 atom stereocenters. The van der Waals surface area contributed by atoms with E-state index in [4.69, 9.17) is 5.11 Å². The summed E-state index contributed by atoms with van der Waals surface area (Å²) in [7, 11) is 0. The van der Waals surface area contributed by atoms with Gasteiger partial charge in [0.25, 0.3) is 0 Å². The molecule has 0 bridgehead atoms. The molecule has 0 aromatic heterocycles. The summed E-state index contributed by atoms with van der Waals surface area (Å²) in [6.07, 6.45) is 0.657. The number of carbonyl (C=O) groups is 2. The Labute approximate surface area is 129 Å². The number of amides is 1. The van der Waals surface area contributed by atoms with Crippen molar-refractivity contribution in [3.8, 4) is 0 Å². The Balaban J connectivity index is 1.90. The number of carbonyl (C=O) groups excluding carboxylic acids is 1. The first-order chi connectivity index (χ1) is 9.95. The van der Waals surface area contributed by atoms with Crippen LogP contribution in [0.2, 0.25) is 0 Å². The van der Waals surface area contributed by atoms with Gasteiger partial charge in [-0.1, -0.05) is 24.6 Å². The van der Waals surface area contributed by atoms with Crippen LogP contribution in [-0.4, -0.2) is 40.7 Å². The highest BCUT2D eigenvalue weighted by Gasteiger charge is 2.31. The average molecular weight is 307 g/mol. The molecule has 2 unspecified atom stereocenters. The number of rotatable bonds is 4. The zero-order valence-electron chi connectivity index (χ0n) is 12.4. The maximum Gasteiger partial charge on any atom is 0.308 e. The second-order valence-electron chi connectivity index (χ2n) is 5.78. The highest BCUT2D eigenvalue weighted by Crippen LogP contribution is 2.24. The molecule has 1 fully saturated rings. The van der Waals surface area contributed by atoms with Gasteiger partial charge in [0, 0.05) is 18.0 Å². The van der Waals surface area contributed by atoms with Gasteiger partial charge in [0.2, 0.25) is 5.91 Å². The van der Waals surface area contributed by atoms with Crippen molar-refractivity contribution in [1.29, 1.82) is 0 Å². The summed E-state index contributed by atoms with van der Waals surface area (Å²) >= 11 is 1.50. The van der Waals surface area contributed by atoms with Crippen LogP contribution >= 0.6 is 11.8 Å². The fraction of sp³-hybridized carbons (Fsp3) is 0.500. The second-order valence-corrected chi connectivity index (χ2v) is 6.83. The van der Waals surface area contributed by atoms with E-state index in [1.165, 1.54) is 17.3 Å². The van der Waals surface area contributed by atoms with E-state index in [0.29, 0.717) is 25.3 Å². The number of likely N-dealkylation sites (tertiary alicyclic amines) is 1. The van der Waals surface area contributed by atoms with E-state index in [-0.39, 0.29) is 11.8 Å². The van der Waals surface area contributed by atoms with E-state index in [9.17, 15) is 9.59 Å². The van der Waals surface area contributed by atoms with Crippen LogP contribution in [0.5, 0.6) is 0 Å². The number of piperidine rings is 1. The molecular weight excluding hydrogens is 286 g/mol. The molecule has 1 saturated heterocycles. The predicted octanol–water partition coefficient (Wildman–Crippen LogP) is 2.66. The molecule has 1 aliphatic heterocycles. The number of thioether (sulfide) groups is 1. The number of nitrogens with zero attached hydrogens (tertiary/aromatic N) is 1. The van der Waals surface area contributed by atoms with Gasteiger partial charge >= 0.3 is 5.97 Å². The highest BCUT2D eigenvalue weighted by atomic mass is 32.2. The van der Waals surface area contributed by atoms with Gasteiger partial charge in [-0.15, -0.1) is 11.8 Å². The van der Waals surface area contributed by atoms with Gasteiger partial charge in [0.15, 0.2) is 0 Å². The minimum Gasteiger partial charge on any atom is -0.481 e. The standard InChI is InChI=1S/C16H21NO3S/c1-11-3-5-14(6-4-11)21-10-15(18)17-8-12(2)7-13(9-17)16(19)20/h3-6,12-13H,7-10H2,1-2H3,(H,19,20). The maximum absolute atomic E-state index is 12.3. The highest BCUT2D eigenvalue weighted by molar-refractivity contribution is 8.00. The van der Waals surface area contributed by atoms with Crippen molar-refractivity contribution < 1.29 is 14.7 Å². The fourth-order valence-electron chi connectivity index (χ4n) is 2.60. The molecule has 0 spiro atoms. The second kappa shape index (κ2) is 6.98. The van der Waals surface area contributed by atoms with E-state index >= 15 is 0 Å². The van der Waals surface area contributed by atoms with Gasteiger partial charge in [-0.3, -0.25) is 9.59 Å². The van der Waals surface area contributed by atoms with Crippen LogP contribution in [0, 0.1) is 18.8 Å². The zero-order chi connectivity index (χ0) is 15.4. The molecule has 1 aliphatic rings. The predicted molar refractivity (Wildman–Crippen MR) is 83.4 cm³/mol. The molecule has 0 saturated carbocycles. The Kier molecular flexibility index (Phi) is 5.28. The van der Waals surface area contributed by atoms with Crippen molar-refractivity contribution >= 4 is 23.6 Å². The first kappa shape index (κ1) is 15.9. The van der Waals surface area contributed by atoms with Gasteiger partial charge in [0.1, 0.15) is 0 Å². The molecular formula is C16H21NO3S. The molecule has 1 aromatic carbocycles. The Morgan fingerprint density at radius 3 is 2.57 bits per heavy atom. The number of carboxylic acid groups (broad SMARTS) is 1. The van der Waals surface area contributed by atoms with Crippen LogP contribution in [0.15, 0.2) is 29.2 Å². The third-order valence-corrected chi connectivity index (χ3v) is 4.74. The summed E-state index contributed by atoms with van der Waals surface area (Å²) in [6, 6.07) is 8.06. The van der Waals surface area contributed by atoms with E-state index in [2.05, 4.69) is 0 Å². The zero-order valence-corrected chi connectivity index (χ0v) is 13.2. The van der Waals surface area contributed by atoms with Gasteiger partial charge in [-0.2, -0.15) is 0 Å². The van der Waals surface area contributed by atoms with Crippen LogP contribution in [0.4, 0.5) is 0 Å². The molecule has 1 N–H and O–H groups in total. The number of benzene rings is 1. The molecule has 2 rings (SSSR count). The quantitative estimate of drug-likeness (QED) is 0.869. The molecule has 21 heavy (non-hydrogen) atoms. The maximum atomic E-state index is 12.3. The van der Waals surface area contributed by atoms with Crippen LogP contribution in [0.1, 0.15) is 18.9 Å². The van der Waals surface area contributed by atoms with Gasteiger partial charge in [-0.25, -0.2) is 0 Å². The molecule has 114 valence electrons.